The summed E-state index contributed by atoms with van der Waals surface area (Å²) >= 11 is 0. The molecule has 2 fully saturated rings. The Morgan fingerprint density at radius 1 is 1.32 bits per heavy atom. The van der Waals surface area contributed by atoms with E-state index in [0.717, 1.165) is 0 Å². The first-order valence-electron chi connectivity index (χ1n) is 17.8. The lowest BCUT2D eigenvalue weighted by atomic mass is 10.0. The summed E-state index contributed by atoms with van der Waals surface area (Å²) in [6, 6.07) is -12.0. The number of hydrogen-bond acceptors (Lipinski definition) is 5. The Bertz CT molecular complexity index is 1940. The molecule has 2 aliphatic rings. The standard InChI is InChI=1S/C21H22F2N6O2/c22-13-3-4-16(23)15(10-13)18-2-1-7-28(18)19-6-9-29-20(26-19)17(11-24-29)25-21(31)27-8-5-14(30)12-27/h3-4,6,9-11,14,18,30H,1-2,5,7-8,12H2,(H,25,31)/t14-,18+/m0/s1/i1D2,2D2,3D,4D,5D2,6D,7D2,8D2,9D,10D,12D2,14D,18D. The lowest BCUT2D eigenvalue weighted by molar-refractivity contribution is 0.176. The lowest BCUT2D eigenvalue weighted by Crippen LogP contribution is -2.33. The number of halogens is 2. The number of nitrogens with one attached hydrogen (secondary N) is 1. The van der Waals surface area contributed by atoms with Gasteiger partial charge in [0.15, 0.2) is 5.65 Å². The van der Waals surface area contributed by atoms with Crippen molar-refractivity contribution in [1.29, 1.82) is 0 Å². The molecule has 2 amide bonds. The fraction of sp³-hybridized carbons (Fsp3) is 0.381. The van der Waals surface area contributed by atoms with Gasteiger partial charge in [-0.25, -0.2) is 23.1 Å². The number of nitrogens with zero attached hydrogens (tertiary/aromatic N) is 5. The normalized spacial score (nSPS) is 44.7. The molecule has 2 aliphatic heterocycles. The van der Waals surface area contributed by atoms with Gasteiger partial charge in [-0.05, 0) is 43.3 Å². The van der Waals surface area contributed by atoms with Crippen LogP contribution in [0.2, 0.25) is 0 Å². The van der Waals surface area contributed by atoms with Crippen LogP contribution in [0.1, 0.15) is 56.7 Å². The molecule has 162 valence electrons. The first kappa shape index (κ1) is 7.70. The Balaban J connectivity index is 1.77. The minimum absolute atomic E-state index is 0.315. The van der Waals surface area contributed by atoms with E-state index < -0.39 is 126 Å². The molecule has 0 radical (unpaired) electrons. The van der Waals surface area contributed by atoms with Crippen LogP contribution in [0.3, 0.4) is 0 Å². The van der Waals surface area contributed by atoms with E-state index in [1.807, 2.05) is 5.32 Å². The van der Waals surface area contributed by atoms with Crippen molar-refractivity contribution in [3.63, 3.8) is 0 Å². The van der Waals surface area contributed by atoms with Crippen LogP contribution < -0.4 is 10.2 Å². The molecule has 4 heterocycles. The molecule has 2 aromatic heterocycles. The van der Waals surface area contributed by atoms with Crippen LogP contribution in [0.15, 0.2) is 36.5 Å². The first-order chi connectivity index (χ1) is 22.3. The van der Waals surface area contributed by atoms with Gasteiger partial charge in [-0.3, -0.25) is 0 Å². The Kier molecular flexibility index (Phi) is 1.93. The number of β-amino-alcohol motifs (C(OH)–C–C–N with tert-alkyl or cyclic N) is 1. The van der Waals surface area contributed by atoms with Gasteiger partial charge in [0.2, 0.25) is 0 Å². The molecule has 8 nitrogen and oxygen atoms in total. The summed E-state index contributed by atoms with van der Waals surface area (Å²) in [5.41, 5.74) is -3.42. The summed E-state index contributed by atoms with van der Waals surface area (Å²) in [5.74, 6) is -5.45. The average molecular weight is 448 g/mol. The molecule has 2 N–H and O–H groups in total. The maximum Gasteiger partial charge on any atom is 0.322 e. The van der Waals surface area contributed by atoms with E-state index in [1.54, 1.807) is 0 Å². The molecule has 1 aromatic carbocycles. The van der Waals surface area contributed by atoms with Crippen molar-refractivity contribution in [2.45, 2.75) is 31.2 Å². The SMILES string of the molecule is [2H]c1c([2H])c(F)c([C@]2([2H])N(c3nc4c(NC(=O)N5C([2H])([2H])C([2H])([2H])[C@]([2H])(O)C5([2H])[2H])cnn4c([2H])c3[2H])C([2H])([2H])C([2H])([2H])C2([2H])[2H])c([2H])c1F. The zero-order valence-corrected chi connectivity index (χ0v) is 14.9. The van der Waals surface area contributed by atoms with E-state index in [2.05, 4.69) is 10.1 Å². The monoisotopic (exact) mass is 447 g/mol. The highest BCUT2D eigenvalue weighted by Gasteiger charge is 2.30. The van der Waals surface area contributed by atoms with Crippen molar-refractivity contribution in [2.75, 3.05) is 29.7 Å². The third-order valence-corrected chi connectivity index (χ3v) is 3.93. The minimum Gasteiger partial charge on any atom is -0.391 e. The maximum absolute atomic E-state index is 15.7. The van der Waals surface area contributed by atoms with Gasteiger partial charge in [-0.1, -0.05) is 0 Å². The Hall–Kier alpha value is -3.27. The Morgan fingerprint density at radius 3 is 3.00 bits per heavy atom. The Morgan fingerprint density at radius 2 is 2.19 bits per heavy atom. The number of hydrogen-bond donors (Lipinski definition) is 2. The molecule has 0 saturated carbocycles. The molecule has 2 saturated heterocycles. The van der Waals surface area contributed by atoms with Crippen molar-refractivity contribution in [3.8, 4) is 0 Å². The molecular formula is C21H22F2N6O2. The summed E-state index contributed by atoms with van der Waals surface area (Å²) in [6.45, 7) is -11.4. The summed E-state index contributed by atoms with van der Waals surface area (Å²) < 4.78 is 187. The highest BCUT2D eigenvalue weighted by Crippen LogP contribution is 2.37. The van der Waals surface area contributed by atoms with E-state index in [4.69, 9.17) is 26.0 Å². The number of aliphatic hydroxyl groups is 1. The fourth-order valence-corrected chi connectivity index (χ4v) is 2.62. The second-order valence-electron chi connectivity index (χ2n) is 5.85. The van der Waals surface area contributed by atoms with Gasteiger partial charge in [0.25, 0.3) is 0 Å². The predicted molar refractivity (Wildman–Crippen MR) is 110 cm³/mol. The van der Waals surface area contributed by atoms with E-state index in [9.17, 15) is 14.3 Å². The second kappa shape index (κ2) is 7.77. The summed E-state index contributed by atoms with van der Waals surface area (Å²) in [6.07, 6.45) is -16.1. The number of carbonyl (C=O) groups is 1. The number of anilines is 2. The second-order valence-corrected chi connectivity index (χ2v) is 5.85. The van der Waals surface area contributed by atoms with Crippen LogP contribution in [-0.2, 0) is 0 Å². The average Bonchev–Trinajstić information content (AvgIpc) is 3.43. The molecule has 3 aromatic rings. The third kappa shape index (κ3) is 3.67. The number of rotatable bonds is 3. The topological polar surface area (TPSA) is 86.0 Å². The number of likely N-dealkylation sites (tertiary alicyclic amines) is 1. The van der Waals surface area contributed by atoms with Crippen molar-refractivity contribution < 1.29 is 44.7 Å². The van der Waals surface area contributed by atoms with Crippen LogP contribution in [0.25, 0.3) is 5.65 Å². The smallest absolute Gasteiger partial charge is 0.322 e. The fourth-order valence-electron chi connectivity index (χ4n) is 2.62. The van der Waals surface area contributed by atoms with Gasteiger partial charge < -0.3 is 20.2 Å². The summed E-state index contributed by atoms with van der Waals surface area (Å²) in [5, 5.41) is 15.8. The van der Waals surface area contributed by atoms with Crippen LogP contribution in [0.5, 0.6) is 0 Å². The van der Waals surface area contributed by atoms with Gasteiger partial charge in [0.05, 0.1) is 30.6 Å². The maximum atomic E-state index is 15.7. The molecule has 31 heavy (non-hydrogen) atoms. The summed E-state index contributed by atoms with van der Waals surface area (Å²) in [7, 11) is 0. The summed E-state index contributed by atoms with van der Waals surface area (Å²) in [4.78, 5) is 16.3. The van der Waals surface area contributed by atoms with Gasteiger partial charge in [-0.15, -0.1) is 0 Å². The van der Waals surface area contributed by atoms with Gasteiger partial charge in [0.1, 0.15) is 23.1 Å². The largest absolute Gasteiger partial charge is 0.391 e. The quantitative estimate of drug-likeness (QED) is 0.645. The molecule has 0 aliphatic carbocycles. The van der Waals surface area contributed by atoms with Crippen LogP contribution in [-0.4, -0.2) is 56.2 Å². The molecule has 10 heteroatoms. The van der Waals surface area contributed by atoms with E-state index in [0.29, 0.717) is 10.7 Å². The third-order valence-electron chi connectivity index (χ3n) is 3.93. The zero-order chi connectivity index (χ0) is 38.5. The van der Waals surface area contributed by atoms with Crippen LogP contribution in [0, 0.1) is 11.6 Å². The van der Waals surface area contributed by atoms with E-state index in [-0.39, 0.29) is 4.90 Å². The highest BCUT2D eigenvalue weighted by atomic mass is 19.1. The molecular weight excluding hydrogens is 406 g/mol. The predicted octanol–water partition coefficient (Wildman–Crippen LogP) is 2.95. The van der Waals surface area contributed by atoms with Crippen molar-refractivity contribution >= 4 is 23.2 Å². The number of benzene rings is 1. The highest BCUT2D eigenvalue weighted by molar-refractivity contribution is 5.93. The first-order valence-corrected chi connectivity index (χ1v) is 8.29. The molecule has 0 spiro atoms. The lowest BCUT2D eigenvalue weighted by Gasteiger charge is -2.26. The van der Waals surface area contributed by atoms with E-state index in [1.165, 1.54) is 0 Å². The van der Waals surface area contributed by atoms with Crippen LogP contribution >= 0.6 is 0 Å². The molecule has 0 bridgehead atoms. The van der Waals surface area contributed by atoms with Gasteiger partial charge in [-0.2, -0.15) is 5.10 Å². The van der Waals surface area contributed by atoms with Gasteiger partial charge in [0, 0.05) is 44.9 Å². The molecule has 0 unspecified atom stereocenters. The van der Waals surface area contributed by atoms with Crippen molar-refractivity contribution in [1.82, 2.24) is 19.5 Å². The van der Waals surface area contributed by atoms with Gasteiger partial charge >= 0.3 is 6.03 Å². The number of carbonyl (C=O) groups excluding carboxylic acids is 1. The Labute approximate surface area is 203 Å². The number of amides is 2. The molecule has 5 rings (SSSR count). The van der Waals surface area contributed by atoms with E-state index >= 15 is 4.39 Å². The van der Waals surface area contributed by atoms with Crippen molar-refractivity contribution in [3.05, 3.63) is 53.7 Å². The number of urea groups is 1. The van der Waals surface area contributed by atoms with Crippen LogP contribution in [0.4, 0.5) is 25.1 Å². The molecule has 2 atom stereocenters. The number of aromatic nitrogens is 3. The number of fused-ring (bicyclic) bond motifs is 1. The minimum atomic E-state index is -4.03. The zero-order valence-electron chi connectivity index (χ0n) is 33.9. The van der Waals surface area contributed by atoms with Crippen molar-refractivity contribution in [2.24, 2.45) is 0 Å².